The summed E-state index contributed by atoms with van der Waals surface area (Å²) in [4.78, 5) is 24.4. The third-order valence-corrected chi connectivity index (χ3v) is 2.93. The summed E-state index contributed by atoms with van der Waals surface area (Å²) in [6, 6.07) is 5.62. The number of nitrogens with two attached hydrogens (primary N) is 1. The molecule has 4 N–H and O–H groups in total. The molecule has 0 bridgehead atoms. The van der Waals surface area contributed by atoms with E-state index in [-0.39, 0.29) is 24.1 Å². The normalized spacial score (nSPS) is 12.2. The maximum absolute atomic E-state index is 12.3. The average molecular weight is 294 g/mol. The van der Waals surface area contributed by atoms with E-state index < -0.39 is 12.0 Å². The molecule has 116 valence electrons. The fourth-order valence-electron chi connectivity index (χ4n) is 2.04. The van der Waals surface area contributed by atoms with Gasteiger partial charge in [0.1, 0.15) is 12.3 Å². The second kappa shape index (κ2) is 7.64. The van der Waals surface area contributed by atoms with Gasteiger partial charge in [0, 0.05) is 6.54 Å². The lowest BCUT2D eigenvalue weighted by molar-refractivity contribution is -0.145. The Morgan fingerprint density at radius 2 is 1.81 bits per heavy atom. The molecule has 1 amide bonds. The summed E-state index contributed by atoms with van der Waals surface area (Å²) in [6.07, 6.45) is 0.299. The highest BCUT2D eigenvalue weighted by Crippen LogP contribution is 2.12. The van der Waals surface area contributed by atoms with Crippen LogP contribution in [-0.4, -0.2) is 46.1 Å². The van der Waals surface area contributed by atoms with Crippen molar-refractivity contribution >= 4 is 11.9 Å². The Morgan fingerprint density at radius 3 is 2.29 bits per heavy atom. The van der Waals surface area contributed by atoms with Crippen molar-refractivity contribution in [2.75, 3.05) is 13.1 Å². The van der Waals surface area contributed by atoms with Crippen LogP contribution in [0, 0.1) is 5.92 Å². The van der Waals surface area contributed by atoms with Gasteiger partial charge in [-0.2, -0.15) is 0 Å². The number of carbonyl (C=O) groups is 2. The van der Waals surface area contributed by atoms with Gasteiger partial charge < -0.3 is 20.8 Å². The summed E-state index contributed by atoms with van der Waals surface area (Å²) in [5.74, 6) is -1.12. The van der Waals surface area contributed by atoms with Crippen LogP contribution in [0.5, 0.6) is 5.75 Å². The number of aliphatic carboxylic acids is 1. The topological polar surface area (TPSA) is 104 Å². The van der Waals surface area contributed by atoms with Gasteiger partial charge in [-0.1, -0.05) is 26.0 Å². The summed E-state index contributed by atoms with van der Waals surface area (Å²) in [5, 5.41) is 18.1. The van der Waals surface area contributed by atoms with Gasteiger partial charge in [-0.15, -0.1) is 0 Å². The van der Waals surface area contributed by atoms with Crippen molar-refractivity contribution in [1.29, 1.82) is 0 Å². The van der Waals surface area contributed by atoms with E-state index in [0.29, 0.717) is 13.0 Å². The molecule has 0 radical (unpaired) electrons. The van der Waals surface area contributed by atoms with Gasteiger partial charge in [0.25, 0.3) is 0 Å². The number of hydrogen-bond acceptors (Lipinski definition) is 4. The van der Waals surface area contributed by atoms with E-state index in [9.17, 15) is 14.7 Å². The molecule has 1 atom stereocenters. The van der Waals surface area contributed by atoms with E-state index in [1.54, 1.807) is 12.1 Å². The maximum Gasteiger partial charge on any atom is 0.323 e. The molecule has 0 fully saturated rings. The Morgan fingerprint density at radius 1 is 1.24 bits per heavy atom. The molecule has 0 saturated heterocycles. The number of carboxylic acid groups (broad SMARTS) is 1. The zero-order valence-electron chi connectivity index (χ0n) is 12.3. The van der Waals surface area contributed by atoms with Crippen LogP contribution in [0.3, 0.4) is 0 Å². The van der Waals surface area contributed by atoms with E-state index in [1.165, 1.54) is 17.0 Å². The maximum atomic E-state index is 12.3. The molecule has 0 spiro atoms. The van der Waals surface area contributed by atoms with Gasteiger partial charge in [-0.05, 0) is 30.0 Å². The molecule has 1 aromatic rings. The molecule has 0 aliphatic carbocycles. The quantitative estimate of drug-likeness (QED) is 0.691. The Labute approximate surface area is 124 Å². The standard InChI is InChI=1S/C15H22N2O4/c1-10(2)8-17(9-14(19)20)15(21)13(16)7-11-3-5-12(18)6-4-11/h3-6,10,13,18H,7-9,16H2,1-2H3,(H,19,20). The van der Waals surface area contributed by atoms with Gasteiger partial charge in [0.15, 0.2) is 0 Å². The lowest BCUT2D eigenvalue weighted by Crippen LogP contribution is -2.48. The summed E-state index contributed by atoms with van der Waals surface area (Å²) in [7, 11) is 0. The monoisotopic (exact) mass is 294 g/mol. The molecule has 0 aromatic heterocycles. The first-order valence-corrected chi connectivity index (χ1v) is 6.83. The Balaban J connectivity index is 2.72. The highest BCUT2D eigenvalue weighted by Gasteiger charge is 2.23. The lowest BCUT2D eigenvalue weighted by atomic mass is 10.0. The first kappa shape index (κ1) is 17.0. The smallest absolute Gasteiger partial charge is 0.323 e. The minimum Gasteiger partial charge on any atom is -0.508 e. The molecule has 1 unspecified atom stereocenters. The predicted molar refractivity (Wildman–Crippen MR) is 78.8 cm³/mol. The number of nitrogens with zero attached hydrogens (tertiary/aromatic N) is 1. The van der Waals surface area contributed by atoms with E-state index >= 15 is 0 Å². The number of amides is 1. The summed E-state index contributed by atoms with van der Waals surface area (Å²) in [5.41, 5.74) is 6.71. The zero-order chi connectivity index (χ0) is 16.0. The first-order chi connectivity index (χ1) is 9.79. The minimum atomic E-state index is -1.05. The summed E-state index contributed by atoms with van der Waals surface area (Å²) >= 11 is 0. The molecular formula is C15H22N2O4. The fraction of sp³-hybridized carbons (Fsp3) is 0.467. The molecular weight excluding hydrogens is 272 g/mol. The van der Waals surface area contributed by atoms with E-state index in [4.69, 9.17) is 10.8 Å². The minimum absolute atomic E-state index is 0.144. The van der Waals surface area contributed by atoms with Crippen molar-refractivity contribution in [2.45, 2.75) is 26.3 Å². The zero-order valence-corrected chi connectivity index (χ0v) is 12.3. The van der Waals surface area contributed by atoms with Crippen molar-refractivity contribution in [3.05, 3.63) is 29.8 Å². The van der Waals surface area contributed by atoms with Crippen LogP contribution in [-0.2, 0) is 16.0 Å². The van der Waals surface area contributed by atoms with Gasteiger partial charge in [0.2, 0.25) is 5.91 Å². The molecule has 21 heavy (non-hydrogen) atoms. The number of carbonyl (C=O) groups excluding carboxylic acids is 1. The fourth-order valence-corrected chi connectivity index (χ4v) is 2.04. The van der Waals surface area contributed by atoms with Crippen molar-refractivity contribution in [1.82, 2.24) is 4.90 Å². The number of phenolic OH excluding ortho intramolecular Hbond substituents is 1. The number of aromatic hydroxyl groups is 1. The number of rotatable bonds is 7. The molecule has 6 heteroatoms. The molecule has 6 nitrogen and oxygen atoms in total. The first-order valence-electron chi connectivity index (χ1n) is 6.83. The van der Waals surface area contributed by atoms with E-state index in [0.717, 1.165) is 5.56 Å². The summed E-state index contributed by atoms with van der Waals surface area (Å²) < 4.78 is 0. The van der Waals surface area contributed by atoms with Crippen LogP contribution in [0.15, 0.2) is 24.3 Å². The number of hydrogen-bond donors (Lipinski definition) is 3. The van der Waals surface area contributed by atoms with Gasteiger partial charge in [-0.3, -0.25) is 9.59 Å². The van der Waals surface area contributed by atoms with Crippen molar-refractivity contribution in [3.8, 4) is 5.75 Å². The third kappa shape index (κ3) is 5.83. The van der Waals surface area contributed by atoms with Crippen molar-refractivity contribution in [3.63, 3.8) is 0 Å². The SMILES string of the molecule is CC(C)CN(CC(=O)O)C(=O)C(N)Cc1ccc(O)cc1. The highest BCUT2D eigenvalue weighted by atomic mass is 16.4. The van der Waals surface area contributed by atoms with Crippen LogP contribution < -0.4 is 5.73 Å². The van der Waals surface area contributed by atoms with E-state index in [2.05, 4.69) is 0 Å². The Bertz CT molecular complexity index is 485. The van der Waals surface area contributed by atoms with Gasteiger partial charge >= 0.3 is 5.97 Å². The second-order valence-electron chi connectivity index (χ2n) is 5.48. The number of benzene rings is 1. The molecule has 0 saturated carbocycles. The molecule has 1 aromatic carbocycles. The highest BCUT2D eigenvalue weighted by molar-refractivity contribution is 5.85. The molecule has 1 rings (SSSR count). The lowest BCUT2D eigenvalue weighted by Gasteiger charge is -2.25. The summed E-state index contributed by atoms with van der Waals surface area (Å²) in [6.45, 7) is 3.83. The van der Waals surface area contributed by atoms with Crippen molar-refractivity contribution < 1.29 is 19.8 Å². The van der Waals surface area contributed by atoms with Crippen LogP contribution in [0.1, 0.15) is 19.4 Å². The number of carboxylic acids is 1. The number of phenols is 1. The Kier molecular flexibility index (Phi) is 6.17. The van der Waals surface area contributed by atoms with Gasteiger partial charge in [-0.25, -0.2) is 0 Å². The third-order valence-electron chi connectivity index (χ3n) is 2.93. The van der Waals surface area contributed by atoms with Crippen LogP contribution in [0.2, 0.25) is 0 Å². The van der Waals surface area contributed by atoms with Gasteiger partial charge in [0.05, 0.1) is 6.04 Å². The molecule has 0 aliphatic rings. The Hall–Kier alpha value is -2.08. The second-order valence-corrected chi connectivity index (χ2v) is 5.48. The molecule has 0 aliphatic heterocycles. The molecule has 0 heterocycles. The van der Waals surface area contributed by atoms with Crippen LogP contribution >= 0.6 is 0 Å². The van der Waals surface area contributed by atoms with E-state index in [1.807, 2.05) is 13.8 Å². The van der Waals surface area contributed by atoms with Crippen LogP contribution in [0.4, 0.5) is 0 Å². The van der Waals surface area contributed by atoms with Crippen LogP contribution in [0.25, 0.3) is 0 Å². The average Bonchev–Trinajstić information content (AvgIpc) is 2.38. The largest absolute Gasteiger partial charge is 0.508 e. The predicted octanol–water partition coefficient (Wildman–Crippen LogP) is 0.831. The van der Waals surface area contributed by atoms with Crippen molar-refractivity contribution in [2.24, 2.45) is 11.7 Å².